The molecule has 2 aromatic rings. The highest BCUT2D eigenvalue weighted by atomic mass is 79.9. The molecule has 2 bridgehead atoms. The van der Waals surface area contributed by atoms with Gasteiger partial charge in [-0.3, -0.25) is 4.90 Å². The molecule has 2 aliphatic rings. The molecule has 1 amide bonds. The van der Waals surface area contributed by atoms with Crippen molar-refractivity contribution in [3.05, 3.63) is 22.2 Å². The third-order valence-electron chi connectivity index (χ3n) is 5.49. The molecule has 2 fully saturated rings. The fourth-order valence-electron chi connectivity index (χ4n) is 4.25. The van der Waals surface area contributed by atoms with E-state index in [4.69, 9.17) is 13.9 Å². The van der Waals surface area contributed by atoms with Crippen LogP contribution in [-0.2, 0) is 9.47 Å². The van der Waals surface area contributed by atoms with Gasteiger partial charge < -0.3 is 18.8 Å². The summed E-state index contributed by atoms with van der Waals surface area (Å²) in [5, 5.41) is 0. The van der Waals surface area contributed by atoms with Crippen LogP contribution in [0.25, 0.3) is 11.1 Å². The molecule has 9 heteroatoms. The quantitative estimate of drug-likeness (QED) is 0.591. The summed E-state index contributed by atoms with van der Waals surface area (Å²) in [5.41, 5.74) is 0.802. The van der Waals surface area contributed by atoms with Gasteiger partial charge in [0.25, 0.3) is 6.01 Å². The molecule has 0 aliphatic carbocycles. The number of hydrogen-bond donors (Lipinski definition) is 0. The molecule has 4 rings (SSSR count). The number of carbonyl (C=O) groups excluding carboxylic acids is 2. The van der Waals surface area contributed by atoms with E-state index in [2.05, 4.69) is 25.8 Å². The standard InChI is InChI=1S/C21H26BrN3O5/c1-21(2,3)30-20(27)25-12-6-5-7-13(25)11-24(10-12)19-23-16-14(18(26)28-4)8-9-15(22)17(16)29-19/h8-9,12-13H,5-7,10-11H2,1-4H3. The topological polar surface area (TPSA) is 85.1 Å². The number of esters is 1. The highest BCUT2D eigenvalue weighted by Crippen LogP contribution is 2.36. The Labute approximate surface area is 183 Å². The van der Waals surface area contributed by atoms with Crippen molar-refractivity contribution in [1.82, 2.24) is 9.88 Å². The van der Waals surface area contributed by atoms with Crippen molar-refractivity contribution in [2.45, 2.75) is 57.7 Å². The van der Waals surface area contributed by atoms with Gasteiger partial charge in [0.2, 0.25) is 0 Å². The number of methoxy groups -OCH3 is 1. The molecule has 2 atom stereocenters. The number of aromatic nitrogens is 1. The number of oxazole rings is 1. The Hall–Kier alpha value is -2.29. The van der Waals surface area contributed by atoms with Gasteiger partial charge in [-0.05, 0) is 68.1 Å². The van der Waals surface area contributed by atoms with Crippen LogP contribution in [0.2, 0.25) is 0 Å². The second kappa shape index (κ2) is 7.76. The lowest BCUT2D eigenvalue weighted by atomic mass is 9.92. The average molecular weight is 480 g/mol. The highest BCUT2D eigenvalue weighted by molar-refractivity contribution is 9.10. The zero-order valence-electron chi connectivity index (χ0n) is 17.6. The molecule has 0 radical (unpaired) electrons. The van der Waals surface area contributed by atoms with E-state index in [9.17, 15) is 9.59 Å². The molecule has 30 heavy (non-hydrogen) atoms. The van der Waals surface area contributed by atoms with Crippen LogP contribution in [0.15, 0.2) is 21.0 Å². The minimum Gasteiger partial charge on any atom is -0.465 e. The van der Waals surface area contributed by atoms with E-state index in [1.54, 1.807) is 12.1 Å². The Balaban J connectivity index is 1.62. The lowest BCUT2D eigenvalue weighted by Crippen LogP contribution is -2.63. The van der Waals surface area contributed by atoms with E-state index in [0.29, 0.717) is 35.8 Å². The maximum Gasteiger partial charge on any atom is 0.410 e. The van der Waals surface area contributed by atoms with E-state index >= 15 is 0 Å². The van der Waals surface area contributed by atoms with Crippen LogP contribution < -0.4 is 4.90 Å². The van der Waals surface area contributed by atoms with E-state index in [1.807, 2.05) is 25.7 Å². The van der Waals surface area contributed by atoms with E-state index in [1.165, 1.54) is 7.11 Å². The van der Waals surface area contributed by atoms with Crippen LogP contribution in [0.4, 0.5) is 10.8 Å². The highest BCUT2D eigenvalue weighted by Gasteiger charge is 2.43. The number of carbonyl (C=O) groups is 2. The van der Waals surface area contributed by atoms with Gasteiger partial charge in [-0.15, -0.1) is 0 Å². The van der Waals surface area contributed by atoms with Crippen molar-refractivity contribution in [3.8, 4) is 0 Å². The van der Waals surface area contributed by atoms with E-state index < -0.39 is 11.6 Å². The third kappa shape index (κ3) is 3.87. The molecular formula is C21H26BrN3O5. The molecule has 1 aromatic carbocycles. The maximum absolute atomic E-state index is 12.8. The van der Waals surface area contributed by atoms with Crippen molar-refractivity contribution in [2.75, 3.05) is 25.1 Å². The first-order valence-corrected chi connectivity index (χ1v) is 10.9. The zero-order chi connectivity index (χ0) is 21.6. The van der Waals surface area contributed by atoms with Crippen LogP contribution in [0, 0.1) is 0 Å². The zero-order valence-corrected chi connectivity index (χ0v) is 19.2. The summed E-state index contributed by atoms with van der Waals surface area (Å²) < 4.78 is 17.3. The number of piperidine rings is 1. The Morgan fingerprint density at radius 2 is 1.87 bits per heavy atom. The van der Waals surface area contributed by atoms with Crippen molar-refractivity contribution >= 4 is 45.1 Å². The molecular weight excluding hydrogens is 454 g/mol. The van der Waals surface area contributed by atoms with Gasteiger partial charge in [0.15, 0.2) is 5.58 Å². The second-order valence-electron chi connectivity index (χ2n) is 8.79. The maximum atomic E-state index is 12.8. The lowest BCUT2D eigenvalue weighted by molar-refractivity contribution is -0.0102. The number of halogens is 1. The predicted octanol–water partition coefficient (Wildman–Crippen LogP) is 4.36. The molecule has 2 unspecified atom stereocenters. The third-order valence-corrected chi connectivity index (χ3v) is 6.11. The number of piperazine rings is 1. The lowest BCUT2D eigenvalue weighted by Gasteiger charge is -2.49. The summed E-state index contributed by atoms with van der Waals surface area (Å²) in [6.45, 7) is 6.85. The number of amides is 1. The molecule has 3 heterocycles. The SMILES string of the molecule is COC(=O)c1ccc(Br)c2oc(N3CC4CCCC(C3)N4C(=O)OC(C)(C)C)nc12. The van der Waals surface area contributed by atoms with Gasteiger partial charge in [-0.2, -0.15) is 4.98 Å². The van der Waals surface area contributed by atoms with Gasteiger partial charge in [-0.25, -0.2) is 9.59 Å². The first kappa shape index (κ1) is 21.0. The van der Waals surface area contributed by atoms with Gasteiger partial charge >= 0.3 is 12.1 Å². The Morgan fingerprint density at radius 1 is 1.20 bits per heavy atom. The van der Waals surface area contributed by atoms with E-state index in [-0.39, 0.29) is 18.2 Å². The molecule has 0 saturated carbocycles. The monoisotopic (exact) mass is 479 g/mol. The van der Waals surface area contributed by atoms with Crippen molar-refractivity contribution in [2.24, 2.45) is 0 Å². The minimum atomic E-state index is -0.528. The number of benzene rings is 1. The van der Waals surface area contributed by atoms with Gasteiger partial charge in [0, 0.05) is 13.1 Å². The Kier molecular flexibility index (Phi) is 5.42. The molecule has 162 valence electrons. The molecule has 2 aliphatic heterocycles. The molecule has 0 spiro atoms. The molecule has 1 aromatic heterocycles. The summed E-state index contributed by atoms with van der Waals surface area (Å²) >= 11 is 3.47. The Bertz CT molecular complexity index is 969. The largest absolute Gasteiger partial charge is 0.465 e. The summed E-state index contributed by atoms with van der Waals surface area (Å²) in [5.74, 6) is -0.459. The fourth-order valence-corrected chi connectivity index (χ4v) is 4.65. The second-order valence-corrected chi connectivity index (χ2v) is 9.65. The van der Waals surface area contributed by atoms with Crippen molar-refractivity contribution < 1.29 is 23.5 Å². The molecule has 0 N–H and O–H groups in total. The number of hydrogen-bond acceptors (Lipinski definition) is 7. The van der Waals surface area contributed by atoms with Crippen LogP contribution in [0.1, 0.15) is 50.4 Å². The van der Waals surface area contributed by atoms with Crippen LogP contribution in [0.3, 0.4) is 0 Å². The molecule has 2 saturated heterocycles. The number of nitrogens with zero attached hydrogens (tertiary/aromatic N) is 3. The summed E-state index contributed by atoms with van der Waals surface area (Å²) in [7, 11) is 1.34. The summed E-state index contributed by atoms with van der Waals surface area (Å²) in [6, 6.07) is 3.93. The first-order chi connectivity index (χ1) is 14.2. The van der Waals surface area contributed by atoms with E-state index in [0.717, 1.165) is 23.7 Å². The number of anilines is 1. The first-order valence-electron chi connectivity index (χ1n) is 10.1. The smallest absolute Gasteiger partial charge is 0.410 e. The fraction of sp³-hybridized carbons (Fsp3) is 0.571. The minimum absolute atomic E-state index is 0.0332. The number of ether oxygens (including phenoxy) is 2. The molecule has 8 nitrogen and oxygen atoms in total. The van der Waals surface area contributed by atoms with Gasteiger partial charge in [0.1, 0.15) is 11.1 Å². The number of fused-ring (bicyclic) bond motifs is 3. The number of rotatable bonds is 2. The van der Waals surface area contributed by atoms with Crippen LogP contribution in [0.5, 0.6) is 0 Å². The van der Waals surface area contributed by atoms with Crippen LogP contribution >= 0.6 is 15.9 Å². The van der Waals surface area contributed by atoms with Crippen molar-refractivity contribution in [3.63, 3.8) is 0 Å². The summed E-state index contributed by atoms with van der Waals surface area (Å²) in [4.78, 5) is 33.5. The van der Waals surface area contributed by atoms with Crippen molar-refractivity contribution in [1.29, 1.82) is 0 Å². The average Bonchev–Trinajstić information content (AvgIpc) is 3.11. The Morgan fingerprint density at radius 3 is 2.47 bits per heavy atom. The summed E-state index contributed by atoms with van der Waals surface area (Å²) in [6.07, 6.45) is 2.63. The van der Waals surface area contributed by atoms with Crippen LogP contribution in [-0.4, -0.2) is 59.8 Å². The predicted molar refractivity (Wildman–Crippen MR) is 115 cm³/mol. The van der Waals surface area contributed by atoms with Gasteiger partial charge in [-0.1, -0.05) is 0 Å². The normalized spacial score (nSPS) is 21.6. The van der Waals surface area contributed by atoms with Gasteiger partial charge in [0.05, 0.1) is 29.2 Å².